The highest BCUT2D eigenvalue weighted by molar-refractivity contribution is 5.83. The molecular formula is C24H34N2O3. The number of ether oxygens (including phenoxy) is 2. The number of likely N-dealkylation sites (tertiary alicyclic amines) is 1. The van der Waals surface area contributed by atoms with E-state index in [4.69, 9.17) is 9.47 Å². The van der Waals surface area contributed by atoms with Crippen LogP contribution in [0.2, 0.25) is 0 Å². The zero-order chi connectivity index (χ0) is 20.8. The van der Waals surface area contributed by atoms with Gasteiger partial charge in [-0.05, 0) is 51.8 Å². The van der Waals surface area contributed by atoms with Crippen LogP contribution in [-0.4, -0.2) is 53.8 Å². The van der Waals surface area contributed by atoms with Crippen molar-refractivity contribution < 1.29 is 14.3 Å². The second-order valence-electron chi connectivity index (χ2n) is 10.1. The van der Waals surface area contributed by atoms with Crippen molar-refractivity contribution in [1.82, 2.24) is 9.80 Å². The summed E-state index contributed by atoms with van der Waals surface area (Å²) in [7, 11) is 2.18. The Balaban J connectivity index is 1.58. The number of amides is 1. The van der Waals surface area contributed by atoms with E-state index in [0.717, 1.165) is 55.8 Å². The van der Waals surface area contributed by atoms with E-state index in [0.29, 0.717) is 12.5 Å². The average Bonchev–Trinajstić information content (AvgIpc) is 3.00. The molecule has 1 aromatic carbocycles. The minimum atomic E-state index is -0.509. The smallest absolute Gasteiger partial charge is 0.414 e. The van der Waals surface area contributed by atoms with Crippen LogP contribution in [0, 0.1) is 5.92 Å². The highest BCUT2D eigenvalue weighted by Gasteiger charge is 2.41. The van der Waals surface area contributed by atoms with Crippen molar-refractivity contribution in [2.75, 3.05) is 26.7 Å². The van der Waals surface area contributed by atoms with Crippen molar-refractivity contribution in [2.24, 2.45) is 5.92 Å². The molecule has 158 valence electrons. The van der Waals surface area contributed by atoms with Crippen LogP contribution in [0.25, 0.3) is 5.70 Å². The van der Waals surface area contributed by atoms with Crippen molar-refractivity contribution >= 4 is 11.8 Å². The number of carbonyl (C=O) groups excluding carboxylic acids is 1. The van der Waals surface area contributed by atoms with Crippen LogP contribution in [0.3, 0.4) is 0 Å². The van der Waals surface area contributed by atoms with Crippen LogP contribution >= 0.6 is 0 Å². The number of benzene rings is 1. The summed E-state index contributed by atoms with van der Waals surface area (Å²) in [6, 6.07) is 6.45. The van der Waals surface area contributed by atoms with Gasteiger partial charge in [0.15, 0.2) is 0 Å². The first-order chi connectivity index (χ1) is 13.6. The molecule has 1 saturated heterocycles. The lowest BCUT2D eigenvalue weighted by molar-refractivity contribution is 0.0269. The number of nitrogens with zero attached hydrogens (tertiary/aromatic N) is 2. The Morgan fingerprint density at radius 3 is 2.66 bits per heavy atom. The fourth-order valence-corrected chi connectivity index (χ4v) is 4.55. The molecule has 29 heavy (non-hydrogen) atoms. The fourth-order valence-electron chi connectivity index (χ4n) is 4.55. The van der Waals surface area contributed by atoms with E-state index < -0.39 is 5.60 Å². The average molecular weight is 399 g/mol. The van der Waals surface area contributed by atoms with E-state index in [2.05, 4.69) is 43.1 Å². The molecule has 0 aliphatic carbocycles. The lowest BCUT2D eigenvalue weighted by Crippen LogP contribution is -2.45. The molecule has 5 heteroatoms. The second kappa shape index (κ2) is 7.35. The van der Waals surface area contributed by atoms with Crippen molar-refractivity contribution in [1.29, 1.82) is 0 Å². The quantitative estimate of drug-likeness (QED) is 0.687. The lowest BCUT2D eigenvalue weighted by Gasteiger charge is -2.37. The predicted octanol–water partition coefficient (Wildman–Crippen LogP) is 4.70. The third-order valence-electron chi connectivity index (χ3n) is 6.21. The first-order valence-electron chi connectivity index (χ1n) is 10.9. The van der Waals surface area contributed by atoms with E-state index >= 15 is 0 Å². The van der Waals surface area contributed by atoms with Gasteiger partial charge in [-0.2, -0.15) is 0 Å². The maximum absolute atomic E-state index is 12.9. The Hall–Kier alpha value is -2.01. The van der Waals surface area contributed by atoms with Crippen molar-refractivity contribution in [3.8, 4) is 5.75 Å². The number of rotatable bonds is 1. The Kier molecular flexibility index (Phi) is 5.14. The van der Waals surface area contributed by atoms with Gasteiger partial charge in [0.2, 0.25) is 0 Å². The minimum absolute atomic E-state index is 0.0478. The van der Waals surface area contributed by atoms with Gasteiger partial charge in [0.25, 0.3) is 0 Å². The fraction of sp³-hybridized carbons (Fsp3) is 0.625. The maximum atomic E-state index is 12.9. The van der Waals surface area contributed by atoms with Crippen LogP contribution in [-0.2, 0) is 11.2 Å². The van der Waals surface area contributed by atoms with Gasteiger partial charge in [0.1, 0.15) is 17.0 Å². The van der Waals surface area contributed by atoms with Crippen molar-refractivity contribution in [2.45, 2.75) is 64.6 Å². The molecule has 0 aromatic heterocycles. The molecule has 1 aromatic rings. The summed E-state index contributed by atoms with van der Waals surface area (Å²) in [6.07, 6.45) is 5.98. The zero-order valence-electron chi connectivity index (χ0n) is 18.5. The number of piperidine rings is 1. The van der Waals surface area contributed by atoms with Crippen molar-refractivity contribution in [3.05, 3.63) is 35.4 Å². The monoisotopic (exact) mass is 398 g/mol. The summed E-state index contributed by atoms with van der Waals surface area (Å²) < 4.78 is 12.2. The summed E-state index contributed by atoms with van der Waals surface area (Å²) >= 11 is 0. The highest BCUT2D eigenvalue weighted by atomic mass is 16.6. The van der Waals surface area contributed by atoms with Gasteiger partial charge in [-0.15, -0.1) is 0 Å². The molecule has 3 heterocycles. The van der Waals surface area contributed by atoms with E-state index in [1.165, 1.54) is 5.56 Å². The highest BCUT2D eigenvalue weighted by Crippen LogP contribution is 2.42. The summed E-state index contributed by atoms with van der Waals surface area (Å²) in [5.74, 6) is 1.40. The summed E-state index contributed by atoms with van der Waals surface area (Å²) in [5.41, 5.74) is 2.70. The van der Waals surface area contributed by atoms with Crippen LogP contribution in [0.15, 0.2) is 24.3 Å². The normalized spacial score (nSPS) is 24.1. The molecule has 0 bridgehead atoms. The first kappa shape index (κ1) is 20.3. The van der Waals surface area contributed by atoms with Gasteiger partial charge >= 0.3 is 6.09 Å². The topological polar surface area (TPSA) is 42.0 Å². The van der Waals surface area contributed by atoms with Crippen LogP contribution in [0.1, 0.15) is 58.1 Å². The molecule has 5 nitrogen and oxygen atoms in total. The number of allylic oxidation sites excluding steroid dienone is 1. The summed E-state index contributed by atoms with van der Waals surface area (Å²) in [6.45, 7) is 10.7. The lowest BCUT2D eigenvalue weighted by atomic mass is 9.87. The molecule has 1 amide bonds. The SMILES string of the molecule is CC1CC=C(c2ccc3c(c2)OC2(CCN(C)CC2)C3)N(C(=O)OC(C)(C)C)C1. The molecular weight excluding hydrogens is 364 g/mol. The summed E-state index contributed by atoms with van der Waals surface area (Å²) in [4.78, 5) is 17.0. The van der Waals surface area contributed by atoms with Crippen LogP contribution in [0.5, 0.6) is 5.75 Å². The number of hydrogen-bond acceptors (Lipinski definition) is 4. The molecule has 0 saturated carbocycles. The Morgan fingerprint density at radius 1 is 1.24 bits per heavy atom. The van der Waals surface area contributed by atoms with Gasteiger partial charge < -0.3 is 14.4 Å². The Morgan fingerprint density at radius 2 is 1.97 bits per heavy atom. The van der Waals surface area contributed by atoms with E-state index in [-0.39, 0.29) is 11.7 Å². The molecule has 1 unspecified atom stereocenters. The first-order valence-corrected chi connectivity index (χ1v) is 10.9. The predicted molar refractivity (Wildman–Crippen MR) is 115 cm³/mol. The van der Waals surface area contributed by atoms with Crippen LogP contribution < -0.4 is 4.74 Å². The van der Waals surface area contributed by atoms with E-state index in [9.17, 15) is 4.79 Å². The second-order valence-corrected chi connectivity index (χ2v) is 10.1. The van der Waals surface area contributed by atoms with Gasteiger partial charge in [0.05, 0.1) is 5.70 Å². The van der Waals surface area contributed by atoms with Crippen molar-refractivity contribution in [3.63, 3.8) is 0 Å². The van der Waals surface area contributed by atoms with Crippen LogP contribution in [0.4, 0.5) is 4.79 Å². The van der Waals surface area contributed by atoms with E-state index in [1.807, 2.05) is 20.8 Å². The maximum Gasteiger partial charge on any atom is 0.414 e. The van der Waals surface area contributed by atoms with Gasteiger partial charge in [0, 0.05) is 44.5 Å². The minimum Gasteiger partial charge on any atom is -0.487 e. The molecule has 0 radical (unpaired) electrons. The molecule has 1 fully saturated rings. The van der Waals surface area contributed by atoms with Gasteiger partial charge in [-0.1, -0.05) is 25.1 Å². The van der Waals surface area contributed by atoms with Gasteiger partial charge in [-0.3, -0.25) is 4.90 Å². The summed E-state index contributed by atoms with van der Waals surface area (Å²) in [5, 5.41) is 0. The molecule has 0 N–H and O–H groups in total. The van der Waals surface area contributed by atoms with E-state index in [1.54, 1.807) is 4.90 Å². The third kappa shape index (κ3) is 4.30. The molecule has 1 atom stereocenters. The third-order valence-corrected chi connectivity index (χ3v) is 6.21. The molecule has 3 aliphatic heterocycles. The molecule has 4 rings (SSSR count). The molecule has 3 aliphatic rings. The number of fused-ring (bicyclic) bond motifs is 1. The standard InChI is InChI=1S/C24H34N2O3/c1-17-6-9-20(26(16-17)22(27)29-23(2,3)4)18-7-8-19-15-24(28-21(19)14-18)10-12-25(5)13-11-24/h7-9,14,17H,6,10-13,15-16H2,1-5H3. The largest absolute Gasteiger partial charge is 0.487 e. The zero-order valence-corrected chi connectivity index (χ0v) is 18.5. The molecule has 1 spiro atoms. The number of carbonyl (C=O) groups is 1. The Labute approximate surface area is 174 Å². The van der Waals surface area contributed by atoms with Gasteiger partial charge in [-0.25, -0.2) is 4.79 Å². The Bertz CT molecular complexity index is 816. The number of hydrogen-bond donors (Lipinski definition) is 0.